The molecule has 1 rings (SSSR count). The lowest BCUT2D eigenvalue weighted by atomic mass is 9.97. The van der Waals surface area contributed by atoms with Crippen molar-refractivity contribution in [2.45, 2.75) is 33.1 Å². The van der Waals surface area contributed by atoms with Gasteiger partial charge in [-0.15, -0.1) is 0 Å². The van der Waals surface area contributed by atoms with Crippen molar-refractivity contribution in [1.29, 1.82) is 0 Å². The van der Waals surface area contributed by atoms with E-state index in [1.807, 2.05) is 45.0 Å². The molecule has 1 aromatic carbocycles. The molecule has 0 saturated heterocycles. The maximum atomic E-state index is 12.3. The Kier molecular flexibility index (Phi) is 5.12. The lowest BCUT2D eigenvalue weighted by molar-refractivity contribution is 0.310. The maximum absolute atomic E-state index is 12.3. The largest absolute Gasteiger partial charge is 0.326 e. The molecule has 1 aromatic rings. The van der Waals surface area contributed by atoms with Crippen LogP contribution in [0.15, 0.2) is 24.3 Å². The van der Waals surface area contributed by atoms with Crippen LogP contribution in [0.2, 0.25) is 0 Å². The molecule has 0 bridgehead atoms. The Labute approximate surface area is 116 Å². The van der Waals surface area contributed by atoms with Gasteiger partial charge in [0.15, 0.2) is 0 Å². The zero-order chi connectivity index (χ0) is 14.7. The van der Waals surface area contributed by atoms with E-state index in [0.717, 1.165) is 11.1 Å². The zero-order valence-corrected chi connectivity index (χ0v) is 13.0. The van der Waals surface area contributed by atoms with E-state index in [1.165, 1.54) is 4.31 Å². The quantitative estimate of drug-likeness (QED) is 0.899. The minimum atomic E-state index is -3.30. The molecular weight excluding hydrogens is 260 g/mol. The zero-order valence-electron chi connectivity index (χ0n) is 12.2. The molecule has 0 atom stereocenters. The molecule has 0 aromatic heterocycles. The van der Waals surface area contributed by atoms with Crippen LogP contribution in [-0.2, 0) is 22.3 Å². The van der Waals surface area contributed by atoms with Crippen molar-refractivity contribution in [3.63, 3.8) is 0 Å². The van der Waals surface area contributed by atoms with Crippen LogP contribution in [0.25, 0.3) is 0 Å². The van der Waals surface area contributed by atoms with Crippen LogP contribution >= 0.6 is 0 Å². The van der Waals surface area contributed by atoms with Crippen LogP contribution in [0.5, 0.6) is 0 Å². The van der Waals surface area contributed by atoms with E-state index >= 15 is 0 Å². The molecule has 0 amide bonds. The van der Waals surface area contributed by atoms with Crippen molar-refractivity contribution in [2.24, 2.45) is 11.1 Å². The summed E-state index contributed by atoms with van der Waals surface area (Å²) >= 11 is 0. The van der Waals surface area contributed by atoms with Crippen molar-refractivity contribution in [2.75, 3.05) is 13.6 Å². The molecule has 0 saturated carbocycles. The van der Waals surface area contributed by atoms with E-state index in [2.05, 4.69) is 0 Å². The lowest BCUT2D eigenvalue weighted by Crippen LogP contribution is -2.35. The second kappa shape index (κ2) is 6.03. The Hall–Kier alpha value is -0.910. The normalized spacial score (nSPS) is 12.9. The fourth-order valence-corrected chi connectivity index (χ4v) is 3.45. The summed E-state index contributed by atoms with van der Waals surface area (Å²) < 4.78 is 26.1. The van der Waals surface area contributed by atoms with Gasteiger partial charge in [0.1, 0.15) is 0 Å². The Morgan fingerprint density at radius 3 is 2.16 bits per heavy atom. The van der Waals surface area contributed by atoms with Gasteiger partial charge in [-0.05, 0) is 16.5 Å². The second-order valence-corrected chi connectivity index (χ2v) is 8.12. The van der Waals surface area contributed by atoms with Crippen molar-refractivity contribution in [1.82, 2.24) is 4.31 Å². The summed E-state index contributed by atoms with van der Waals surface area (Å²) in [5.74, 6) is 0.00690. The number of nitrogens with two attached hydrogens (primary N) is 1. The number of nitrogens with zero attached hydrogens (tertiary/aromatic N) is 1. The van der Waals surface area contributed by atoms with Gasteiger partial charge in [-0.3, -0.25) is 0 Å². The predicted molar refractivity (Wildman–Crippen MR) is 79.0 cm³/mol. The SMILES string of the molecule is CN(CC(C)(C)C)S(=O)(=O)Cc1ccccc1CN. The maximum Gasteiger partial charge on any atom is 0.218 e. The molecule has 0 aliphatic rings. The average molecular weight is 284 g/mol. The van der Waals surface area contributed by atoms with Gasteiger partial charge in [-0.25, -0.2) is 12.7 Å². The topological polar surface area (TPSA) is 63.4 Å². The highest BCUT2D eigenvalue weighted by molar-refractivity contribution is 7.88. The van der Waals surface area contributed by atoms with Gasteiger partial charge >= 0.3 is 0 Å². The van der Waals surface area contributed by atoms with Crippen LogP contribution in [0.1, 0.15) is 31.9 Å². The third kappa shape index (κ3) is 4.93. The third-order valence-corrected chi connectivity index (χ3v) is 4.60. The Balaban J connectivity index is 2.91. The van der Waals surface area contributed by atoms with Crippen LogP contribution in [-0.4, -0.2) is 26.3 Å². The minimum Gasteiger partial charge on any atom is -0.326 e. The van der Waals surface area contributed by atoms with Gasteiger partial charge < -0.3 is 5.73 Å². The first-order valence-electron chi connectivity index (χ1n) is 6.36. The second-order valence-electron chi connectivity index (χ2n) is 6.05. The van der Waals surface area contributed by atoms with Gasteiger partial charge in [0.05, 0.1) is 5.75 Å². The van der Waals surface area contributed by atoms with Crippen molar-refractivity contribution < 1.29 is 8.42 Å². The highest BCUT2D eigenvalue weighted by Gasteiger charge is 2.24. The average Bonchev–Trinajstić information content (AvgIpc) is 2.27. The van der Waals surface area contributed by atoms with Crippen LogP contribution in [0.4, 0.5) is 0 Å². The third-order valence-electron chi connectivity index (χ3n) is 2.85. The molecule has 0 unspecified atom stereocenters. The molecule has 19 heavy (non-hydrogen) atoms. The van der Waals surface area contributed by atoms with Crippen LogP contribution in [0, 0.1) is 5.41 Å². The van der Waals surface area contributed by atoms with E-state index in [4.69, 9.17) is 5.73 Å². The molecule has 4 nitrogen and oxygen atoms in total. The number of sulfonamides is 1. The van der Waals surface area contributed by atoms with Gasteiger partial charge in [-0.1, -0.05) is 45.0 Å². The van der Waals surface area contributed by atoms with Crippen molar-refractivity contribution in [3.8, 4) is 0 Å². The number of rotatable bonds is 5. The summed E-state index contributed by atoms with van der Waals surface area (Å²) in [5.41, 5.74) is 7.25. The van der Waals surface area contributed by atoms with Crippen molar-refractivity contribution in [3.05, 3.63) is 35.4 Å². The molecule has 2 N–H and O–H groups in total. The fraction of sp³-hybridized carbons (Fsp3) is 0.571. The van der Waals surface area contributed by atoms with Gasteiger partial charge in [0.2, 0.25) is 10.0 Å². The van der Waals surface area contributed by atoms with Gasteiger partial charge in [-0.2, -0.15) is 0 Å². The summed E-state index contributed by atoms with van der Waals surface area (Å²) in [6.45, 7) is 6.92. The molecule has 0 heterocycles. The number of benzene rings is 1. The summed E-state index contributed by atoms with van der Waals surface area (Å²) in [6, 6.07) is 7.41. The van der Waals surface area contributed by atoms with Gasteiger partial charge in [0, 0.05) is 20.1 Å². The standard InChI is InChI=1S/C14H24N2O2S/c1-14(2,3)11-16(4)19(17,18)10-13-8-6-5-7-12(13)9-15/h5-8H,9-11,15H2,1-4H3. The molecule has 0 aliphatic carbocycles. The first kappa shape index (κ1) is 16.1. The van der Waals surface area contributed by atoms with Crippen LogP contribution < -0.4 is 5.73 Å². The highest BCUT2D eigenvalue weighted by Crippen LogP contribution is 2.19. The predicted octanol–water partition coefficient (Wildman–Crippen LogP) is 1.95. The molecule has 108 valence electrons. The molecule has 5 heteroatoms. The van der Waals surface area contributed by atoms with E-state index in [1.54, 1.807) is 7.05 Å². The molecule has 0 fully saturated rings. The minimum absolute atomic E-state index is 0.00690. The monoisotopic (exact) mass is 284 g/mol. The van der Waals surface area contributed by atoms with E-state index in [0.29, 0.717) is 13.1 Å². The Morgan fingerprint density at radius 2 is 1.68 bits per heavy atom. The molecular formula is C14H24N2O2S. The number of hydrogen-bond donors (Lipinski definition) is 1. The highest BCUT2D eigenvalue weighted by atomic mass is 32.2. The molecule has 0 spiro atoms. The summed E-state index contributed by atoms with van der Waals surface area (Å²) in [4.78, 5) is 0. The first-order chi connectivity index (χ1) is 8.65. The lowest BCUT2D eigenvalue weighted by Gasteiger charge is -2.26. The Morgan fingerprint density at radius 1 is 1.16 bits per heavy atom. The summed E-state index contributed by atoms with van der Waals surface area (Å²) in [5, 5.41) is 0. The van der Waals surface area contributed by atoms with Crippen molar-refractivity contribution >= 4 is 10.0 Å². The summed E-state index contributed by atoms with van der Waals surface area (Å²) in [6.07, 6.45) is 0. The van der Waals surface area contributed by atoms with E-state index < -0.39 is 10.0 Å². The first-order valence-corrected chi connectivity index (χ1v) is 7.97. The summed E-state index contributed by atoms with van der Waals surface area (Å²) in [7, 11) is -1.67. The fourth-order valence-electron chi connectivity index (χ4n) is 1.97. The van der Waals surface area contributed by atoms with E-state index in [-0.39, 0.29) is 11.2 Å². The molecule has 0 radical (unpaired) electrons. The van der Waals surface area contributed by atoms with Crippen LogP contribution in [0.3, 0.4) is 0 Å². The smallest absolute Gasteiger partial charge is 0.218 e. The molecule has 0 aliphatic heterocycles. The van der Waals surface area contributed by atoms with Gasteiger partial charge in [0.25, 0.3) is 0 Å². The number of hydrogen-bond acceptors (Lipinski definition) is 3. The van der Waals surface area contributed by atoms with E-state index in [9.17, 15) is 8.42 Å². The Bertz CT molecular complexity index is 518.